The first kappa shape index (κ1) is 15.1. The van der Waals surface area contributed by atoms with Gasteiger partial charge in [-0.1, -0.05) is 13.8 Å². The van der Waals surface area contributed by atoms with Crippen LogP contribution >= 0.6 is 0 Å². The number of aryl methyl sites for hydroxylation is 1. The fraction of sp³-hybridized carbons (Fsp3) is 0.417. The Balaban J connectivity index is 0.00000121. The molecule has 17 heavy (non-hydrogen) atoms. The summed E-state index contributed by atoms with van der Waals surface area (Å²) in [4.78, 5) is 25.5. The second kappa shape index (κ2) is 8.27. The maximum Gasteiger partial charge on any atom is 0.305 e. The van der Waals surface area contributed by atoms with Gasteiger partial charge in [-0.25, -0.2) is 0 Å². The predicted molar refractivity (Wildman–Crippen MR) is 64.9 cm³/mol. The number of carboxylic acids is 1. The van der Waals surface area contributed by atoms with Crippen molar-refractivity contribution >= 4 is 11.9 Å². The van der Waals surface area contributed by atoms with Gasteiger partial charge in [-0.15, -0.1) is 0 Å². The summed E-state index contributed by atoms with van der Waals surface area (Å²) in [6, 6.07) is 1.70. The van der Waals surface area contributed by atoms with Crippen molar-refractivity contribution in [3.8, 4) is 0 Å². The zero-order valence-corrected chi connectivity index (χ0v) is 10.4. The summed E-state index contributed by atoms with van der Waals surface area (Å²) in [6.07, 6.45) is 3.02. The molecule has 0 fully saturated rings. The molecule has 0 unspecified atom stereocenters. The minimum atomic E-state index is -0.933. The van der Waals surface area contributed by atoms with E-state index in [0.29, 0.717) is 5.56 Å². The second-order valence-electron chi connectivity index (χ2n) is 3.15. The van der Waals surface area contributed by atoms with E-state index in [-0.39, 0.29) is 18.9 Å². The van der Waals surface area contributed by atoms with E-state index in [4.69, 9.17) is 5.11 Å². The van der Waals surface area contributed by atoms with Crippen LogP contribution in [-0.4, -0.2) is 28.5 Å². The number of carbonyl (C=O) groups is 2. The van der Waals surface area contributed by atoms with Crippen LogP contribution in [0.15, 0.2) is 18.5 Å². The van der Waals surface area contributed by atoms with Crippen LogP contribution in [0.2, 0.25) is 0 Å². The third-order valence-corrected chi connectivity index (χ3v) is 1.76. The number of hydrogen-bond acceptors (Lipinski definition) is 3. The van der Waals surface area contributed by atoms with Crippen molar-refractivity contribution in [2.24, 2.45) is 0 Å². The van der Waals surface area contributed by atoms with Crippen LogP contribution in [0.5, 0.6) is 0 Å². The van der Waals surface area contributed by atoms with E-state index >= 15 is 0 Å². The lowest BCUT2D eigenvalue weighted by atomic mass is 10.2. The number of carbonyl (C=O) groups excluding carboxylic acids is 1. The number of carboxylic acid groups (broad SMARTS) is 1. The largest absolute Gasteiger partial charge is 0.481 e. The number of nitrogens with one attached hydrogen (secondary N) is 1. The molecule has 0 atom stereocenters. The van der Waals surface area contributed by atoms with Crippen LogP contribution < -0.4 is 5.32 Å². The van der Waals surface area contributed by atoms with Crippen molar-refractivity contribution in [1.82, 2.24) is 10.3 Å². The molecule has 0 radical (unpaired) electrons. The van der Waals surface area contributed by atoms with Gasteiger partial charge in [0.1, 0.15) is 0 Å². The SMILES string of the molecule is CC.Cc1cncc(C(=O)NCCC(=O)O)c1. The Hall–Kier alpha value is -1.91. The first-order valence-electron chi connectivity index (χ1n) is 5.51. The van der Waals surface area contributed by atoms with Crippen molar-refractivity contribution in [3.05, 3.63) is 29.6 Å². The molecule has 1 amide bonds. The lowest BCUT2D eigenvalue weighted by Crippen LogP contribution is -2.26. The van der Waals surface area contributed by atoms with E-state index in [2.05, 4.69) is 10.3 Å². The average Bonchev–Trinajstić information content (AvgIpc) is 2.31. The highest BCUT2D eigenvalue weighted by Crippen LogP contribution is 2.00. The standard InChI is InChI=1S/C10H12N2O3.C2H6/c1-7-4-8(6-11-5-7)10(15)12-3-2-9(13)14;1-2/h4-6H,2-3H2,1H3,(H,12,15)(H,13,14);1-2H3. The topological polar surface area (TPSA) is 79.3 Å². The monoisotopic (exact) mass is 238 g/mol. The quantitative estimate of drug-likeness (QED) is 0.835. The van der Waals surface area contributed by atoms with Gasteiger partial charge < -0.3 is 10.4 Å². The van der Waals surface area contributed by atoms with Crippen molar-refractivity contribution in [2.75, 3.05) is 6.54 Å². The minimum Gasteiger partial charge on any atom is -0.481 e. The maximum atomic E-state index is 11.4. The molecule has 1 rings (SSSR count). The van der Waals surface area contributed by atoms with Crippen LogP contribution in [0.4, 0.5) is 0 Å². The molecule has 0 aromatic carbocycles. The van der Waals surface area contributed by atoms with Crippen LogP contribution in [0, 0.1) is 6.92 Å². The highest BCUT2D eigenvalue weighted by molar-refractivity contribution is 5.94. The average molecular weight is 238 g/mol. The van der Waals surface area contributed by atoms with Gasteiger partial charge in [0.2, 0.25) is 0 Å². The first-order chi connectivity index (χ1) is 8.09. The van der Waals surface area contributed by atoms with Crippen molar-refractivity contribution in [2.45, 2.75) is 27.2 Å². The van der Waals surface area contributed by atoms with E-state index in [0.717, 1.165) is 5.56 Å². The Morgan fingerprint density at radius 1 is 1.35 bits per heavy atom. The highest BCUT2D eigenvalue weighted by Gasteiger charge is 2.05. The number of aromatic nitrogens is 1. The highest BCUT2D eigenvalue weighted by atomic mass is 16.4. The molecule has 5 nitrogen and oxygen atoms in total. The summed E-state index contributed by atoms with van der Waals surface area (Å²) in [6.45, 7) is 5.96. The molecule has 2 N–H and O–H groups in total. The molecule has 5 heteroatoms. The molecule has 0 aliphatic carbocycles. The summed E-state index contributed by atoms with van der Waals surface area (Å²) in [5, 5.41) is 10.9. The Morgan fingerprint density at radius 2 is 2.00 bits per heavy atom. The molecule has 0 saturated carbocycles. The summed E-state index contributed by atoms with van der Waals surface area (Å²) in [5.41, 5.74) is 1.33. The van der Waals surface area contributed by atoms with Gasteiger partial charge in [0, 0.05) is 18.9 Å². The van der Waals surface area contributed by atoms with Gasteiger partial charge in [0.15, 0.2) is 0 Å². The van der Waals surface area contributed by atoms with E-state index < -0.39 is 5.97 Å². The molecule has 94 valence electrons. The Labute approximate surface area is 101 Å². The van der Waals surface area contributed by atoms with Crippen LogP contribution in [0.25, 0.3) is 0 Å². The van der Waals surface area contributed by atoms with E-state index in [1.54, 1.807) is 12.3 Å². The molecule has 0 spiro atoms. The number of amides is 1. The molecule has 0 bridgehead atoms. The maximum absolute atomic E-state index is 11.4. The van der Waals surface area contributed by atoms with Crippen molar-refractivity contribution < 1.29 is 14.7 Å². The Morgan fingerprint density at radius 3 is 2.53 bits per heavy atom. The fourth-order valence-corrected chi connectivity index (χ4v) is 1.06. The molecular weight excluding hydrogens is 220 g/mol. The summed E-state index contributed by atoms with van der Waals surface area (Å²) < 4.78 is 0. The smallest absolute Gasteiger partial charge is 0.305 e. The van der Waals surface area contributed by atoms with E-state index in [9.17, 15) is 9.59 Å². The van der Waals surface area contributed by atoms with E-state index in [1.807, 2.05) is 20.8 Å². The van der Waals surface area contributed by atoms with Crippen molar-refractivity contribution in [3.63, 3.8) is 0 Å². The predicted octanol–water partition coefficient (Wildman–Crippen LogP) is 1.62. The fourth-order valence-electron chi connectivity index (χ4n) is 1.06. The van der Waals surface area contributed by atoms with Gasteiger partial charge in [-0.2, -0.15) is 0 Å². The molecule has 1 aromatic rings. The Kier molecular flexibility index (Phi) is 7.34. The summed E-state index contributed by atoms with van der Waals surface area (Å²) in [7, 11) is 0. The van der Waals surface area contributed by atoms with Crippen molar-refractivity contribution in [1.29, 1.82) is 0 Å². The molecular formula is C12H18N2O3. The lowest BCUT2D eigenvalue weighted by molar-refractivity contribution is -0.136. The van der Waals surface area contributed by atoms with Gasteiger partial charge in [0.05, 0.1) is 12.0 Å². The molecule has 0 saturated heterocycles. The third-order valence-electron chi connectivity index (χ3n) is 1.76. The van der Waals surface area contributed by atoms with Crippen LogP contribution in [0.1, 0.15) is 36.2 Å². The van der Waals surface area contributed by atoms with E-state index in [1.165, 1.54) is 6.20 Å². The van der Waals surface area contributed by atoms with Gasteiger partial charge in [-0.3, -0.25) is 14.6 Å². The number of hydrogen-bond donors (Lipinski definition) is 2. The van der Waals surface area contributed by atoms with Gasteiger partial charge >= 0.3 is 5.97 Å². The third kappa shape index (κ3) is 6.29. The normalized spacial score (nSPS) is 8.88. The zero-order valence-electron chi connectivity index (χ0n) is 10.4. The molecule has 1 heterocycles. The summed E-state index contributed by atoms with van der Waals surface area (Å²) in [5.74, 6) is -1.23. The number of nitrogens with zero attached hydrogens (tertiary/aromatic N) is 1. The van der Waals surface area contributed by atoms with Crippen LogP contribution in [0.3, 0.4) is 0 Å². The molecule has 0 aliphatic heterocycles. The lowest BCUT2D eigenvalue weighted by Gasteiger charge is -2.03. The molecule has 1 aromatic heterocycles. The summed E-state index contributed by atoms with van der Waals surface area (Å²) >= 11 is 0. The number of rotatable bonds is 4. The zero-order chi connectivity index (χ0) is 13.3. The minimum absolute atomic E-state index is 0.0784. The van der Waals surface area contributed by atoms with Gasteiger partial charge in [0.25, 0.3) is 5.91 Å². The van der Waals surface area contributed by atoms with Gasteiger partial charge in [-0.05, 0) is 18.6 Å². The number of pyridine rings is 1. The number of aliphatic carboxylic acids is 1. The first-order valence-corrected chi connectivity index (χ1v) is 5.51. The second-order valence-corrected chi connectivity index (χ2v) is 3.15. The molecule has 0 aliphatic rings. The Bertz CT molecular complexity index is 378. The van der Waals surface area contributed by atoms with Crippen LogP contribution in [-0.2, 0) is 4.79 Å².